The van der Waals surface area contributed by atoms with Crippen molar-refractivity contribution >= 4 is 45.3 Å². The quantitative estimate of drug-likeness (QED) is 0.0296. The van der Waals surface area contributed by atoms with Crippen molar-refractivity contribution < 1.29 is 29.9 Å². The second-order valence-corrected chi connectivity index (χ2v) is 23.6. The summed E-state index contributed by atoms with van der Waals surface area (Å²) in [6.45, 7) is 8.16. The maximum absolute atomic E-state index is 9.87. The number of hydrogen-bond acceptors (Lipinski definition) is 10. The smallest absolute Gasteiger partial charge is 0.122 e. The molecule has 0 fully saturated rings. The lowest BCUT2D eigenvalue weighted by Crippen LogP contribution is -2.21. The van der Waals surface area contributed by atoms with Crippen LogP contribution >= 0.6 is 45.3 Å². The van der Waals surface area contributed by atoms with Crippen molar-refractivity contribution in [3.63, 3.8) is 0 Å². The zero-order valence-corrected chi connectivity index (χ0v) is 46.0. The molecule has 4 aromatic heterocycles. The molecule has 2 unspecified atom stereocenters. The molecule has 0 spiro atoms. The van der Waals surface area contributed by atoms with E-state index in [1.807, 2.05) is 71.3 Å². The normalized spacial score (nSPS) is 12.5. The molecule has 0 radical (unpaired) electrons. The number of rotatable bonds is 35. The number of thiophene rings is 4. The Hall–Kier alpha value is -3.32. The van der Waals surface area contributed by atoms with Gasteiger partial charge in [-0.3, -0.25) is 0 Å². The van der Waals surface area contributed by atoms with Gasteiger partial charge in [-0.05, 0) is 146 Å². The number of unbranched alkanes of at least 4 members (excludes halogenated alkanes) is 18. The van der Waals surface area contributed by atoms with E-state index >= 15 is 0 Å². The van der Waals surface area contributed by atoms with E-state index in [-0.39, 0.29) is 26.4 Å². The number of ether oxygens (including phenoxy) is 2. The average Bonchev–Trinajstić information content (AvgIpc) is 4.21. The lowest BCUT2D eigenvalue weighted by Gasteiger charge is -2.12. The van der Waals surface area contributed by atoms with Crippen molar-refractivity contribution in [3.8, 4) is 61.6 Å². The molecule has 6 aromatic rings. The van der Waals surface area contributed by atoms with Gasteiger partial charge in [0.2, 0.25) is 0 Å². The van der Waals surface area contributed by atoms with E-state index in [4.69, 9.17) is 9.47 Å². The first-order chi connectivity index (χ1) is 34.2. The summed E-state index contributed by atoms with van der Waals surface area (Å²) in [6.07, 6.45) is 26.9. The van der Waals surface area contributed by atoms with Crippen LogP contribution in [0.25, 0.3) is 50.1 Å². The molecule has 6 nitrogen and oxygen atoms in total. The summed E-state index contributed by atoms with van der Waals surface area (Å²) >= 11 is 7.60. The maximum Gasteiger partial charge on any atom is 0.122 e. The van der Waals surface area contributed by atoms with Crippen LogP contribution < -0.4 is 9.47 Å². The molecule has 70 heavy (non-hydrogen) atoms. The number of hydrogen-bond donors (Lipinski definition) is 4. The highest BCUT2D eigenvalue weighted by atomic mass is 32.1. The van der Waals surface area contributed by atoms with Gasteiger partial charge in [-0.15, -0.1) is 45.3 Å². The zero-order valence-electron chi connectivity index (χ0n) is 42.7. The predicted molar refractivity (Wildman–Crippen MR) is 303 cm³/mol. The molecule has 2 atom stereocenters. The second kappa shape index (κ2) is 30.7. The Morgan fingerprint density at radius 1 is 0.400 bits per heavy atom. The van der Waals surface area contributed by atoms with E-state index in [0.717, 1.165) is 35.5 Å². The fraction of sp³-hybridized carbons (Fsp3) is 0.533. The van der Waals surface area contributed by atoms with Gasteiger partial charge in [0.05, 0.1) is 13.2 Å². The Bertz CT molecular complexity index is 2240. The summed E-state index contributed by atoms with van der Waals surface area (Å²) in [6, 6.07) is 26.8. The number of aliphatic hydroxyl groups excluding tert-OH is 4. The average molecular weight is 1030 g/mol. The molecule has 10 heteroatoms. The Morgan fingerprint density at radius 3 is 1.09 bits per heavy atom. The van der Waals surface area contributed by atoms with E-state index in [1.165, 1.54) is 190 Å². The first-order valence-corrected chi connectivity index (χ1v) is 30.0. The number of benzene rings is 2. The molecule has 0 saturated heterocycles. The maximum atomic E-state index is 9.87. The molecule has 2 aromatic carbocycles. The molecule has 6 rings (SSSR count). The summed E-state index contributed by atoms with van der Waals surface area (Å²) in [7, 11) is 0. The lowest BCUT2D eigenvalue weighted by molar-refractivity contribution is 0.0534. The highest BCUT2D eigenvalue weighted by molar-refractivity contribution is 7.29. The molecule has 4 N–H and O–H groups in total. The van der Waals surface area contributed by atoms with Gasteiger partial charge in [0, 0.05) is 39.0 Å². The molecule has 0 aliphatic carbocycles. The third-order valence-electron chi connectivity index (χ3n) is 13.3. The summed E-state index contributed by atoms with van der Waals surface area (Å²) < 4.78 is 11.7. The van der Waals surface area contributed by atoms with E-state index in [9.17, 15) is 20.4 Å². The van der Waals surface area contributed by atoms with Gasteiger partial charge in [-0.25, -0.2) is 0 Å². The van der Waals surface area contributed by atoms with Crippen molar-refractivity contribution in [3.05, 3.63) is 95.1 Å². The van der Waals surface area contributed by atoms with Crippen molar-refractivity contribution in [2.75, 3.05) is 26.4 Å². The van der Waals surface area contributed by atoms with Gasteiger partial charge in [-0.1, -0.05) is 129 Å². The van der Waals surface area contributed by atoms with Crippen molar-refractivity contribution in [2.45, 2.75) is 181 Å². The SMILES string of the molecule is CCCCCCCCCCCCc1cc(-c2ccc(OCC(O)CO)c(C)c2)sc1-c1ccc(-c2ccc(-c3sc(-c4ccc(OCC(O)CO)c(C)c4)cc3CCCCCCCCCCCC)s2)s1. The van der Waals surface area contributed by atoms with Gasteiger partial charge >= 0.3 is 0 Å². The van der Waals surface area contributed by atoms with Crippen molar-refractivity contribution in [1.29, 1.82) is 0 Å². The third kappa shape index (κ3) is 17.4. The van der Waals surface area contributed by atoms with Crippen LogP contribution in [0.4, 0.5) is 0 Å². The van der Waals surface area contributed by atoms with Gasteiger partial charge in [-0.2, -0.15) is 0 Å². The Morgan fingerprint density at radius 2 is 0.743 bits per heavy atom. The van der Waals surface area contributed by atoms with Crippen LogP contribution in [-0.2, 0) is 12.8 Å². The predicted octanol–water partition coefficient (Wildman–Crippen LogP) is 17.3. The zero-order chi connectivity index (χ0) is 49.5. The highest BCUT2D eigenvalue weighted by Crippen LogP contribution is 2.48. The molecule has 4 heterocycles. The Kier molecular flexibility index (Phi) is 24.5. The minimum Gasteiger partial charge on any atom is -0.491 e. The van der Waals surface area contributed by atoms with Crippen LogP contribution in [0.5, 0.6) is 11.5 Å². The monoisotopic (exact) mass is 1030 g/mol. The minimum absolute atomic E-state index is 0.0653. The molecule has 0 aliphatic rings. The van der Waals surface area contributed by atoms with Crippen molar-refractivity contribution in [1.82, 2.24) is 0 Å². The molecule has 0 amide bonds. The molecule has 0 bridgehead atoms. The van der Waals surface area contributed by atoms with E-state index < -0.39 is 12.2 Å². The Balaban J connectivity index is 1.20. The third-order valence-corrected chi connectivity index (χ3v) is 18.5. The highest BCUT2D eigenvalue weighted by Gasteiger charge is 2.20. The van der Waals surface area contributed by atoms with Gasteiger partial charge in [0.1, 0.15) is 36.9 Å². The second-order valence-electron chi connectivity index (χ2n) is 19.4. The number of aliphatic hydroxyl groups is 4. The van der Waals surface area contributed by atoms with Gasteiger partial charge < -0.3 is 29.9 Å². The minimum atomic E-state index is -0.897. The standard InChI is InChI=1S/C60H82O6S4/c1-5-7-9-11-13-15-17-19-21-23-25-47-37-57(45-27-29-51(43(3)35-45)65-41-49(63)39-61)69-59(47)55-33-31-53(67-55)54-32-34-56(68-54)60-48(26-24-22-20-18-16-14-12-10-8-6-2)38-58(70-60)46-28-30-52(44(4)36-46)66-42-50(64)40-62/h27-38,49-50,61-64H,5-26,39-42H2,1-4H3. The van der Waals surface area contributed by atoms with Crippen LogP contribution in [0.3, 0.4) is 0 Å². The van der Waals surface area contributed by atoms with Crippen molar-refractivity contribution in [2.24, 2.45) is 0 Å². The lowest BCUT2D eigenvalue weighted by atomic mass is 10.0. The summed E-state index contributed by atoms with van der Waals surface area (Å²) in [5.41, 5.74) is 7.25. The summed E-state index contributed by atoms with van der Waals surface area (Å²) in [5, 5.41) is 38.3. The molecule has 0 aliphatic heterocycles. The van der Waals surface area contributed by atoms with E-state index in [1.54, 1.807) is 0 Å². The first-order valence-electron chi connectivity index (χ1n) is 26.7. The fourth-order valence-electron chi connectivity index (χ4n) is 9.13. The molecule has 382 valence electrons. The van der Waals surface area contributed by atoms with Crippen LogP contribution in [-0.4, -0.2) is 59.1 Å². The van der Waals surface area contributed by atoms with Gasteiger partial charge in [0.15, 0.2) is 0 Å². The van der Waals surface area contributed by atoms with Gasteiger partial charge in [0.25, 0.3) is 0 Å². The fourth-order valence-corrected chi connectivity index (χ4v) is 13.9. The van der Waals surface area contributed by atoms with Crippen LogP contribution in [0.1, 0.15) is 165 Å². The molecular weight excluding hydrogens is 945 g/mol. The number of aryl methyl sites for hydroxylation is 4. The topological polar surface area (TPSA) is 99.4 Å². The van der Waals surface area contributed by atoms with E-state index in [0.29, 0.717) is 0 Å². The summed E-state index contributed by atoms with van der Waals surface area (Å²) in [5.74, 6) is 1.46. The van der Waals surface area contributed by atoms with Crippen LogP contribution in [0, 0.1) is 13.8 Å². The first kappa shape index (κ1) is 56.0. The Labute approximate surface area is 436 Å². The summed E-state index contributed by atoms with van der Waals surface area (Å²) in [4.78, 5) is 10.5. The molecule has 0 saturated carbocycles. The van der Waals surface area contributed by atoms with Crippen LogP contribution in [0.2, 0.25) is 0 Å². The largest absolute Gasteiger partial charge is 0.491 e. The molecular formula is C60H82O6S4. The van der Waals surface area contributed by atoms with E-state index in [2.05, 4.69) is 74.5 Å². The van der Waals surface area contributed by atoms with Crippen LogP contribution in [0.15, 0.2) is 72.8 Å².